The SMILES string of the molecule is CCN(CC)Cc1ccc2[nH]c(-c3cc(C(O)C(C)C)cc4c3C(=O)NC4)cc2c1. The summed E-state index contributed by atoms with van der Waals surface area (Å²) >= 11 is 0. The Morgan fingerprint density at radius 1 is 1.10 bits per heavy atom. The number of nitrogens with zero attached hydrogens (tertiary/aromatic N) is 1. The fourth-order valence-electron chi connectivity index (χ4n) is 4.30. The van der Waals surface area contributed by atoms with Crippen LogP contribution in [-0.4, -0.2) is 34.0 Å². The van der Waals surface area contributed by atoms with Crippen molar-refractivity contribution in [3.8, 4) is 11.3 Å². The zero-order valence-electron chi connectivity index (χ0n) is 18.2. The molecule has 1 aromatic heterocycles. The van der Waals surface area contributed by atoms with Gasteiger partial charge in [0, 0.05) is 35.2 Å². The molecular weight excluding hydrogens is 374 g/mol. The van der Waals surface area contributed by atoms with E-state index in [0.717, 1.165) is 52.9 Å². The quantitative estimate of drug-likeness (QED) is 0.538. The molecule has 5 nitrogen and oxygen atoms in total. The van der Waals surface area contributed by atoms with E-state index < -0.39 is 6.10 Å². The maximum Gasteiger partial charge on any atom is 0.252 e. The summed E-state index contributed by atoms with van der Waals surface area (Å²) in [7, 11) is 0. The van der Waals surface area contributed by atoms with Gasteiger partial charge in [-0.05, 0) is 60.0 Å². The van der Waals surface area contributed by atoms with Crippen molar-refractivity contribution in [1.29, 1.82) is 0 Å². The molecule has 0 aliphatic carbocycles. The summed E-state index contributed by atoms with van der Waals surface area (Å²) in [6.07, 6.45) is -0.560. The van der Waals surface area contributed by atoms with Gasteiger partial charge in [0.1, 0.15) is 0 Å². The lowest BCUT2D eigenvalue weighted by Gasteiger charge is -2.17. The van der Waals surface area contributed by atoms with Crippen molar-refractivity contribution in [1.82, 2.24) is 15.2 Å². The van der Waals surface area contributed by atoms with Crippen molar-refractivity contribution in [2.45, 2.75) is 46.9 Å². The topological polar surface area (TPSA) is 68.4 Å². The average molecular weight is 406 g/mol. The molecule has 0 saturated heterocycles. The average Bonchev–Trinajstić information content (AvgIpc) is 3.34. The number of hydrogen-bond donors (Lipinski definition) is 3. The second kappa shape index (κ2) is 8.25. The van der Waals surface area contributed by atoms with Gasteiger partial charge in [-0.15, -0.1) is 0 Å². The second-order valence-electron chi connectivity index (χ2n) is 8.54. The number of amides is 1. The van der Waals surface area contributed by atoms with Crippen LogP contribution in [0.5, 0.6) is 0 Å². The van der Waals surface area contributed by atoms with Crippen LogP contribution in [0.15, 0.2) is 36.4 Å². The third-order valence-electron chi connectivity index (χ3n) is 6.16. The third-order valence-corrected chi connectivity index (χ3v) is 6.16. The zero-order valence-corrected chi connectivity index (χ0v) is 18.2. The van der Waals surface area contributed by atoms with Gasteiger partial charge in [-0.3, -0.25) is 9.69 Å². The number of aromatic amines is 1. The maximum absolute atomic E-state index is 12.5. The number of aromatic nitrogens is 1. The van der Waals surface area contributed by atoms with E-state index in [0.29, 0.717) is 12.1 Å². The standard InChI is InChI=1S/C25H31N3O2/c1-5-28(6-2)14-16-7-8-21-17(9-16)12-22(27-21)20-11-18(24(29)15(3)4)10-19-13-26-25(30)23(19)20/h7-12,15,24,27,29H,5-6,13-14H2,1-4H3,(H,26,30). The predicted molar refractivity (Wildman–Crippen MR) is 121 cm³/mol. The molecule has 30 heavy (non-hydrogen) atoms. The lowest BCUT2D eigenvalue weighted by molar-refractivity contribution is 0.0966. The van der Waals surface area contributed by atoms with E-state index in [-0.39, 0.29) is 11.8 Å². The molecule has 1 unspecified atom stereocenters. The number of benzene rings is 2. The number of H-pyrrole nitrogens is 1. The number of nitrogens with one attached hydrogen (secondary N) is 2. The molecule has 0 radical (unpaired) electrons. The van der Waals surface area contributed by atoms with Gasteiger partial charge in [-0.2, -0.15) is 0 Å². The molecule has 1 atom stereocenters. The Labute approximate surface area is 178 Å². The Bertz CT molecular complexity index is 1080. The van der Waals surface area contributed by atoms with Gasteiger partial charge < -0.3 is 15.4 Å². The van der Waals surface area contributed by atoms with Gasteiger partial charge >= 0.3 is 0 Å². The van der Waals surface area contributed by atoms with Gasteiger partial charge in [0.15, 0.2) is 0 Å². The first kappa shape index (κ1) is 20.6. The van der Waals surface area contributed by atoms with Crippen molar-refractivity contribution < 1.29 is 9.90 Å². The Kier molecular flexibility index (Phi) is 5.67. The summed E-state index contributed by atoms with van der Waals surface area (Å²) in [6, 6.07) is 12.6. The number of aliphatic hydroxyl groups excluding tert-OH is 1. The van der Waals surface area contributed by atoms with E-state index in [2.05, 4.69) is 53.3 Å². The summed E-state index contributed by atoms with van der Waals surface area (Å²) < 4.78 is 0. The van der Waals surface area contributed by atoms with E-state index >= 15 is 0 Å². The van der Waals surface area contributed by atoms with Gasteiger partial charge in [0.05, 0.1) is 11.7 Å². The minimum Gasteiger partial charge on any atom is -0.388 e. The predicted octanol–water partition coefficient (Wildman–Crippen LogP) is 4.61. The van der Waals surface area contributed by atoms with E-state index in [1.807, 2.05) is 26.0 Å². The number of fused-ring (bicyclic) bond motifs is 2. The smallest absolute Gasteiger partial charge is 0.252 e. The van der Waals surface area contributed by atoms with Crippen molar-refractivity contribution in [2.75, 3.05) is 13.1 Å². The highest BCUT2D eigenvalue weighted by atomic mass is 16.3. The molecular formula is C25H31N3O2. The first-order valence-corrected chi connectivity index (χ1v) is 10.9. The van der Waals surface area contributed by atoms with Crippen LogP contribution in [0.25, 0.3) is 22.2 Å². The highest BCUT2D eigenvalue weighted by molar-refractivity contribution is 6.05. The van der Waals surface area contributed by atoms with E-state index in [4.69, 9.17) is 0 Å². The minimum absolute atomic E-state index is 0.0496. The van der Waals surface area contributed by atoms with Crippen LogP contribution in [0.4, 0.5) is 0 Å². The van der Waals surface area contributed by atoms with Crippen molar-refractivity contribution >= 4 is 16.8 Å². The molecule has 158 valence electrons. The number of hydrogen-bond acceptors (Lipinski definition) is 3. The highest BCUT2D eigenvalue weighted by Crippen LogP contribution is 2.35. The number of rotatable bonds is 7. The number of aliphatic hydroxyl groups is 1. The van der Waals surface area contributed by atoms with Crippen molar-refractivity contribution in [3.63, 3.8) is 0 Å². The molecule has 5 heteroatoms. The van der Waals surface area contributed by atoms with Crippen LogP contribution in [-0.2, 0) is 13.1 Å². The van der Waals surface area contributed by atoms with Crippen LogP contribution in [0.3, 0.4) is 0 Å². The zero-order chi connectivity index (χ0) is 21.4. The van der Waals surface area contributed by atoms with Crippen LogP contribution in [0, 0.1) is 5.92 Å². The Morgan fingerprint density at radius 3 is 2.57 bits per heavy atom. The molecule has 2 heterocycles. The monoisotopic (exact) mass is 405 g/mol. The summed E-state index contributed by atoms with van der Waals surface area (Å²) in [4.78, 5) is 18.4. The maximum atomic E-state index is 12.5. The van der Waals surface area contributed by atoms with E-state index in [1.54, 1.807) is 0 Å². The fraction of sp³-hybridized carbons (Fsp3) is 0.400. The Morgan fingerprint density at radius 2 is 1.87 bits per heavy atom. The fourth-order valence-corrected chi connectivity index (χ4v) is 4.30. The molecule has 1 aliphatic rings. The van der Waals surface area contributed by atoms with Gasteiger partial charge in [-0.1, -0.05) is 39.8 Å². The molecule has 0 spiro atoms. The summed E-state index contributed by atoms with van der Waals surface area (Å²) in [5.74, 6) is 0.0535. The normalized spacial score (nSPS) is 14.6. The molecule has 4 rings (SSSR count). The first-order valence-electron chi connectivity index (χ1n) is 10.9. The number of carbonyl (C=O) groups is 1. The lowest BCUT2D eigenvalue weighted by atomic mass is 9.91. The van der Waals surface area contributed by atoms with Crippen molar-refractivity contribution in [3.05, 3.63) is 58.7 Å². The van der Waals surface area contributed by atoms with Crippen LogP contribution >= 0.6 is 0 Å². The molecule has 1 aliphatic heterocycles. The summed E-state index contributed by atoms with van der Waals surface area (Å²) in [5.41, 5.74) is 6.63. The van der Waals surface area contributed by atoms with E-state index in [1.165, 1.54) is 5.56 Å². The van der Waals surface area contributed by atoms with Crippen molar-refractivity contribution in [2.24, 2.45) is 5.92 Å². The first-order chi connectivity index (χ1) is 14.4. The highest BCUT2D eigenvalue weighted by Gasteiger charge is 2.27. The molecule has 3 N–H and O–H groups in total. The minimum atomic E-state index is -0.560. The molecule has 0 bridgehead atoms. The third kappa shape index (κ3) is 3.75. The second-order valence-corrected chi connectivity index (χ2v) is 8.54. The van der Waals surface area contributed by atoms with Gasteiger partial charge in [-0.25, -0.2) is 0 Å². The van der Waals surface area contributed by atoms with Crippen LogP contribution in [0.1, 0.15) is 60.8 Å². The van der Waals surface area contributed by atoms with Gasteiger partial charge in [0.2, 0.25) is 0 Å². The molecule has 2 aromatic carbocycles. The molecule has 3 aromatic rings. The number of carbonyl (C=O) groups excluding carboxylic acids is 1. The van der Waals surface area contributed by atoms with Gasteiger partial charge in [0.25, 0.3) is 5.91 Å². The molecule has 0 saturated carbocycles. The lowest BCUT2D eigenvalue weighted by Crippen LogP contribution is -2.21. The Balaban J connectivity index is 1.78. The molecule has 0 fully saturated rings. The summed E-state index contributed by atoms with van der Waals surface area (Å²) in [5, 5.41) is 14.7. The molecule has 1 amide bonds. The van der Waals surface area contributed by atoms with Crippen LogP contribution in [0.2, 0.25) is 0 Å². The largest absolute Gasteiger partial charge is 0.388 e. The summed E-state index contributed by atoms with van der Waals surface area (Å²) in [6.45, 7) is 11.9. The van der Waals surface area contributed by atoms with E-state index in [9.17, 15) is 9.90 Å². The Hall–Kier alpha value is -2.63. The van der Waals surface area contributed by atoms with Crippen LogP contribution < -0.4 is 5.32 Å².